The quantitative estimate of drug-likeness (QED) is 0.847. The van der Waals surface area contributed by atoms with Crippen molar-refractivity contribution < 1.29 is 14.3 Å². The van der Waals surface area contributed by atoms with Gasteiger partial charge in [0.05, 0.1) is 11.7 Å². The molecule has 2 aliphatic rings. The molecule has 1 saturated carbocycles. The van der Waals surface area contributed by atoms with Crippen LogP contribution >= 0.6 is 0 Å². The third-order valence-electron chi connectivity index (χ3n) is 4.95. The van der Waals surface area contributed by atoms with Crippen LogP contribution in [0.25, 0.3) is 0 Å². The van der Waals surface area contributed by atoms with Gasteiger partial charge < -0.3 is 15.0 Å². The third-order valence-corrected chi connectivity index (χ3v) is 4.95. The van der Waals surface area contributed by atoms with Gasteiger partial charge in [0.15, 0.2) is 0 Å². The number of hydrogen-bond donors (Lipinski definition) is 1. The molecule has 2 fully saturated rings. The number of carbonyl (C=O) groups is 2. The van der Waals surface area contributed by atoms with Gasteiger partial charge in [0.2, 0.25) is 6.41 Å². The number of anilines is 1. The first kappa shape index (κ1) is 17.8. The monoisotopic (exact) mass is 348 g/mol. The molecule has 7 nitrogen and oxygen atoms in total. The molecule has 7 heteroatoms. The molecule has 0 spiro atoms. The standard InChI is InChI=1S/C18H28N4O3/c1-18(2,3)25-17(24)21-9-7-13(8-10-21)15-11-16(19-12-23)22(20-15)14-5-4-6-14/h11-14H,4-10H2,1-3H3,(H,19,23). The topological polar surface area (TPSA) is 76.5 Å². The first-order valence-electron chi connectivity index (χ1n) is 9.15. The highest BCUT2D eigenvalue weighted by atomic mass is 16.6. The lowest BCUT2D eigenvalue weighted by Gasteiger charge is -2.33. The van der Waals surface area contributed by atoms with Crippen LogP contribution in [-0.2, 0) is 9.53 Å². The van der Waals surface area contributed by atoms with Crippen LogP contribution < -0.4 is 5.32 Å². The van der Waals surface area contributed by atoms with Gasteiger partial charge in [-0.15, -0.1) is 0 Å². The van der Waals surface area contributed by atoms with E-state index in [1.165, 1.54) is 6.42 Å². The molecule has 0 aromatic carbocycles. The number of hydrogen-bond acceptors (Lipinski definition) is 4. The summed E-state index contributed by atoms with van der Waals surface area (Å²) < 4.78 is 7.41. The van der Waals surface area contributed by atoms with E-state index in [0.717, 1.165) is 37.2 Å². The second-order valence-corrected chi connectivity index (χ2v) is 7.99. The first-order chi connectivity index (χ1) is 11.9. The summed E-state index contributed by atoms with van der Waals surface area (Å²) in [6.45, 7) is 6.99. The van der Waals surface area contributed by atoms with E-state index in [1.54, 1.807) is 4.90 Å². The van der Waals surface area contributed by atoms with Crippen molar-refractivity contribution in [2.45, 2.75) is 70.4 Å². The molecule has 1 aliphatic carbocycles. The molecule has 1 aliphatic heterocycles. The van der Waals surface area contributed by atoms with E-state index in [9.17, 15) is 9.59 Å². The van der Waals surface area contributed by atoms with Crippen molar-refractivity contribution in [3.63, 3.8) is 0 Å². The minimum absolute atomic E-state index is 0.241. The van der Waals surface area contributed by atoms with Gasteiger partial charge >= 0.3 is 6.09 Å². The first-order valence-corrected chi connectivity index (χ1v) is 9.15. The minimum Gasteiger partial charge on any atom is -0.444 e. The summed E-state index contributed by atoms with van der Waals surface area (Å²) in [5.41, 5.74) is 0.547. The van der Waals surface area contributed by atoms with Crippen LogP contribution in [0.3, 0.4) is 0 Å². The highest BCUT2D eigenvalue weighted by molar-refractivity contribution is 5.69. The maximum atomic E-state index is 12.2. The third kappa shape index (κ3) is 4.14. The Labute approximate surface area is 148 Å². The van der Waals surface area contributed by atoms with E-state index >= 15 is 0 Å². The van der Waals surface area contributed by atoms with Gasteiger partial charge in [-0.1, -0.05) is 0 Å². The largest absolute Gasteiger partial charge is 0.444 e. The van der Waals surface area contributed by atoms with E-state index in [1.807, 2.05) is 31.5 Å². The molecule has 0 bridgehead atoms. The van der Waals surface area contributed by atoms with Crippen molar-refractivity contribution in [3.8, 4) is 0 Å². The molecule has 1 aromatic heterocycles. The van der Waals surface area contributed by atoms with Crippen LogP contribution in [0.5, 0.6) is 0 Å². The number of ether oxygens (including phenoxy) is 1. The van der Waals surface area contributed by atoms with Gasteiger partial charge in [0.25, 0.3) is 0 Å². The highest BCUT2D eigenvalue weighted by Gasteiger charge is 2.30. The molecule has 25 heavy (non-hydrogen) atoms. The average Bonchev–Trinajstić information content (AvgIpc) is 2.88. The van der Waals surface area contributed by atoms with Crippen molar-refractivity contribution in [1.82, 2.24) is 14.7 Å². The molecule has 2 heterocycles. The number of rotatable bonds is 4. The summed E-state index contributed by atoms with van der Waals surface area (Å²) in [5, 5.41) is 7.54. The Balaban J connectivity index is 1.62. The van der Waals surface area contributed by atoms with Crippen LogP contribution in [0, 0.1) is 0 Å². The number of carbonyl (C=O) groups excluding carboxylic acids is 2. The lowest BCUT2D eigenvalue weighted by molar-refractivity contribution is -0.105. The number of piperidine rings is 1. The van der Waals surface area contributed by atoms with Gasteiger partial charge in [-0.05, 0) is 52.9 Å². The Morgan fingerprint density at radius 1 is 1.28 bits per heavy atom. The number of likely N-dealkylation sites (tertiary alicyclic amines) is 1. The summed E-state index contributed by atoms with van der Waals surface area (Å²) in [4.78, 5) is 24.8. The molecule has 1 aromatic rings. The predicted octanol–water partition coefficient (Wildman–Crippen LogP) is 3.29. The van der Waals surface area contributed by atoms with Crippen LogP contribution in [-0.4, -0.2) is 45.9 Å². The Kier molecular flexibility index (Phi) is 5.01. The fourth-order valence-electron chi connectivity index (χ4n) is 3.37. The molecule has 0 atom stereocenters. The molecule has 1 saturated heterocycles. The van der Waals surface area contributed by atoms with Gasteiger partial charge in [-0.2, -0.15) is 5.10 Å². The van der Waals surface area contributed by atoms with Gasteiger partial charge in [-0.3, -0.25) is 4.79 Å². The number of amides is 2. The summed E-state index contributed by atoms with van der Waals surface area (Å²) in [6, 6.07) is 2.39. The summed E-state index contributed by atoms with van der Waals surface area (Å²) in [6.07, 6.45) is 5.64. The Hall–Kier alpha value is -2.05. The molecule has 1 N–H and O–H groups in total. The zero-order valence-corrected chi connectivity index (χ0v) is 15.3. The lowest BCUT2D eigenvalue weighted by Crippen LogP contribution is -2.41. The van der Waals surface area contributed by atoms with Crippen molar-refractivity contribution >= 4 is 18.3 Å². The van der Waals surface area contributed by atoms with Gasteiger partial charge in [0, 0.05) is 25.1 Å². The van der Waals surface area contributed by atoms with Crippen molar-refractivity contribution in [2.75, 3.05) is 18.4 Å². The van der Waals surface area contributed by atoms with Crippen molar-refractivity contribution in [1.29, 1.82) is 0 Å². The van der Waals surface area contributed by atoms with Crippen LogP contribution in [0.15, 0.2) is 6.07 Å². The zero-order valence-electron chi connectivity index (χ0n) is 15.3. The summed E-state index contributed by atoms with van der Waals surface area (Å²) >= 11 is 0. The number of aromatic nitrogens is 2. The van der Waals surface area contributed by atoms with Gasteiger partial charge in [0.1, 0.15) is 11.4 Å². The summed E-state index contributed by atoms with van der Waals surface area (Å²) in [5.74, 6) is 1.09. The maximum absolute atomic E-state index is 12.2. The smallest absolute Gasteiger partial charge is 0.410 e. The van der Waals surface area contributed by atoms with E-state index in [0.29, 0.717) is 31.5 Å². The van der Waals surface area contributed by atoms with E-state index in [-0.39, 0.29) is 6.09 Å². The van der Waals surface area contributed by atoms with Crippen molar-refractivity contribution in [3.05, 3.63) is 11.8 Å². The Bertz CT molecular complexity index is 623. The fourth-order valence-corrected chi connectivity index (χ4v) is 3.37. The molecule has 0 radical (unpaired) electrons. The lowest BCUT2D eigenvalue weighted by atomic mass is 9.93. The molecular weight excluding hydrogens is 320 g/mol. The van der Waals surface area contributed by atoms with Crippen LogP contribution in [0.1, 0.15) is 70.5 Å². The van der Waals surface area contributed by atoms with Crippen LogP contribution in [0.2, 0.25) is 0 Å². The minimum atomic E-state index is -0.467. The highest BCUT2D eigenvalue weighted by Crippen LogP contribution is 2.36. The number of nitrogens with one attached hydrogen (secondary N) is 1. The Morgan fingerprint density at radius 3 is 2.48 bits per heavy atom. The summed E-state index contributed by atoms with van der Waals surface area (Å²) in [7, 11) is 0. The van der Waals surface area contributed by atoms with E-state index < -0.39 is 5.60 Å². The van der Waals surface area contributed by atoms with Crippen LogP contribution in [0.4, 0.5) is 10.6 Å². The second kappa shape index (κ2) is 7.06. The Morgan fingerprint density at radius 2 is 1.96 bits per heavy atom. The SMILES string of the molecule is CC(C)(C)OC(=O)N1CCC(c2cc(NC=O)n(C3CCC3)n2)CC1. The van der Waals surface area contributed by atoms with E-state index in [4.69, 9.17) is 9.84 Å². The molecule has 0 unspecified atom stereocenters. The molecule has 2 amide bonds. The molecule has 138 valence electrons. The second-order valence-electron chi connectivity index (χ2n) is 7.99. The fraction of sp³-hybridized carbons (Fsp3) is 0.722. The zero-order chi connectivity index (χ0) is 18.0. The normalized spacial score (nSPS) is 19.4. The number of nitrogens with zero attached hydrogens (tertiary/aromatic N) is 3. The predicted molar refractivity (Wildman–Crippen MR) is 94.6 cm³/mol. The average molecular weight is 348 g/mol. The molecule has 3 rings (SSSR count). The van der Waals surface area contributed by atoms with Gasteiger partial charge in [-0.25, -0.2) is 9.48 Å². The van der Waals surface area contributed by atoms with Crippen molar-refractivity contribution in [2.24, 2.45) is 0 Å². The maximum Gasteiger partial charge on any atom is 0.410 e. The van der Waals surface area contributed by atoms with E-state index in [2.05, 4.69) is 5.32 Å². The molecular formula is C18H28N4O3.